The summed E-state index contributed by atoms with van der Waals surface area (Å²) in [4.78, 5) is 11.8. The van der Waals surface area contributed by atoms with Gasteiger partial charge in [0, 0.05) is 18.1 Å². The Hall–Kier alpha value is -2.55. The van der Waals surface area contributed by atoms with Crippen LogP contribution >= 0.6 is 0 Å². The van der Waals surface area contributed by atoms with E-state index >= 15 is 0 Å². The second-order valence-corrected chi connectivity index (χ2v) is 8.73. The van der Waals surface area contributed by atoms with Crippen molar-refractivity contribution in [2.45, 2.75) is 77.7 Å². The van der Waals surface area contributed by atoms with Crippen molar-refractivity contribution >= 4 is 11.5 Å². The lowest BCUT2D eigenvalue weighted by atomic mass is 9.82. The fourth-order valence-electron chi connectivity index (χ4n) is 4.90. The first-order valence-electron chi connectivity index (χ1n) is 11.3. The fraction of sp³-hybridized carbons (Fsp3) is 0.444. The Kier molecular flexibility index (Phi) is 6.26. The number of rotatable bonds is 6. The zero-order valence-electron chi connectivity index (χ0n) is 18.4. The molecule has 0 fully saturated rings. The standard InChI is InChI=1S/C27H32O3/c1-18(10-9-13-21-11-5-4-6-12-21)24-16-27-25(17-26(24)30-20(3)28)23-15-8-7-14-22(23)19(2)29-27/h4-6,11-12,16-19H,7-10,13-15H2,1-3H3. The molecule has 0 aromatic heterocycles. The molecule has 0 bridgehead atoms. The highest BCUT2D eigenvalue weighted by atomic mass is 16.5. The topological polar surface area (TPSA) is 35.5 Å². The molecular weight excluding hydrogens is 372 g/mol. The summed E-state index contributed by atoms with van der Waals surface area (Å²) in [6.07, 6.45) is 7.95. The molecule has 0 N–H and O–H groups in total. The van der Waals surface area contributed by atoms with Gasteiger partial charge in [-0.1, -0.05) is 37.3 Å². The van der Waals surface area contributed by atoms with Crippen molar-refractivity contribution in [2.24, 2.45) is 0 Å². The molecule has 2 aromatic carbocycles. The average molecular weight is 405 g/mol. The van der Waals surface area contributed by atoms with E-state index in [1.54, 1.807) is 0 Å². The number of aryl methyl sites for hydroxylation is 1. The maximum atomic E-state index is 11.8. The smallest absolute Gasteiger partial charge is 0.308 e. The lowest BCUT2D eigenvalue weighted by Gasteiger charge is -2.33. The predicted molar refractivity (Wildman–Crippen MR) is 121 cm³/mol. The van der Waals surface area contributed by atoms with Crippen LogP contribution in [0.5, 0.6) is 11.5 Å². The van der Waals surface area contributed by atoms with Crippen molar-refractivity contribution in [2.75, 3.05) is 0 Å². The second-order valence-electron chi connectivity index (χ2n) is 8.73. The Morgan fingerprint density at radius 2 is 1.93 bits per heavy atom. The van der Waals surface area contributed by atoms with E-state index in [-0.39, 0.29) is 18.0 Å². The van der Waals surface area contributed by atoms with Gasteiger partial charge in [-0.05, 0) is 86.6 Å². The average Bonchev–Trinajstić information content (AvgIpc) is 2.74. The third-order valence-corrected chi connectivity index (χ3v) is 6.47. The molecule has 3 heteroatoms. The first kappa shape index (κ1) is 20.7. The zero-order valence-corrected chi connectivity index (χ0v) is 18.4. The van der Waals surface area contributed by atoms with Gasteiger partial charge in [0.2, 0.25) is 0 Å². The summed E-state index contributed by atoms with van der Waals surface area (Å²) in [5.74, 6) is 1.66. The van der Waals surface area contributed by atoms with E-state index in [1.165, 1.54) is 36.5 Å². The molecule has 2 atom stereocenters. The molecule has 30 heavy (non-hydrogen) atoms. The van der Waals surface area contributed by atoms with Crippen molar-refractivity contribution < 1.29 is 14.3 Å². The van der Waals surface area contributed by atoms with Gasteiger partial charge in [0.05, 0.1) is 0 Å². The van der Waals surface area contributed by atoms with Gasteiger partial charge in [0.15, 0.2) is 0 Å². The Balaban J connectivity index is 1.60. The van der Waals surface area contributed by atoms with Gasteiger partial charge >= 0.3 is 5.97 Å². The molecule has 1 aliphatic heterocycles. The number of carbonyl (C=O) groups excluding carboxylic acids is 1. The Labute approximate surface area is 180 Å². The molecule has 0 amide bonds. The van der Waals surface area contributed by atoms with Gasteiger partial charge in [0.25, 0.3) is 0 Å². The Morgan fingerprint density at radius 1 is 1.17 bits per heavy atom. The molecule has 2 aliphatic rings. The van der Waals surface area contributed by atoms with Gasteiger partial charge in [-0.25, -0.2) is 0 Å². The summed E-state index contributed by atoms with van der Waals surface area (Å²) in [5.41, 5.74) is 6.39. The minimum Gasteiger partial charge on any atom is -0.486 e. The molecule has 1 heterocycles. The fourth-order valence-corrected chi connectivity index (χ4v) is 4.90. The molecule has 1 aliphatic carbocycles. The quantitative estimate of drug-likeness (QED) is 0.390. The molecule has 0 radical (unpaired) electrons. The number of ether oxygens (including phenoxy) is 2. The molecule has 0 saturated carbocycles. The minimum atomic E-state index is -0.268. The Bertz CT molecular complexity index is 942. The van der Waals surface area contributed by atoms with Crippen LogP contribution in [0, 0.1) is 0 Å². The van der Waals surface area contributed by atoms with Crippen LogP contribution in [0.4, 0.5) is 0 Å². The summed E-state index contributed by atoms with van der Waals surface area (Å²) in [7, 11) is 0. The highest BCUT2D eigenvalue weighted by Gasteiger charge is 2.29. The first-order chi connectivity index (χ1) is 14.5. The second kappa shape index (κ2) is 9.07. The first-order valence-corrected chi connectivity index (χ1v) is 11.3. The summed E-state index contributed by atoms with van der Waals surface area (Å²) in [6.45, 7) is 5.86. The summed E-state index contributed by atoms with van der Waals surface area (Å²) < 4.78 is 12.0. The molecule has 3 nitrogen and oxygen atoms in total. The summed E-state index contributed by atoms with van der Waals surface area (Å²) in [6, 6.07) is 14.8. The number of esters is 1. The van der Waals surface area contributed by atoms with Crippen molar-refractivity contribution in [1.82, 2.24) is 0 Å². The van der Waals surface area contributed by atoms with Crippen LogP contribution in [0.1, 0.15) is 81.9 Å². The van der Waals surface area contributed by atoms with Gasteiger partial charge in [-0.15, -0.1) is 0 Å². The normalized spacial score (nSPS) is 18.8. The largest absolute Gasteiger partial charge is 0.486 e. The molecule has 4 rings (SSSR count). The van der Waals surface area contributed by atoms with Crippen molar-refractivity contribution in [3.63, 3.8) is 0 Å². The monoisotopic (exact) mass is 404 g/mol. The molecule has 0 spiro atoms. The highest BCUT2D eigenvalue weighted by molar-refractivity contribution is 5.79. The van der Waals surface area contributed by atoms with E-state index < -0.39 is 0 Å². The number of benzene rings is 2. The van der Waals surface area contributed by atoms with E-state index in [4.69, 9.17) is 9.47 Å². The van der Waals surface area contributed by atoms with E-state index in [1.807, 2.05) is 0 Å². The van der Waals surface area contributed by atoms with Crippen LogP contribution in [0.15, 0.2) is 48.0 Å². The summed E-state index contributed by atoms with van der Waals surface area (Å²) >= 11 is 0. The minimum absolute atomic E-state index is 0.133. The Morgan fingerprint density at radius 3 is 2.70 bits per heavy atom. The molecule has 2 aromatic rings. The van der Waals surface area contributed by atoms with Crippen LogP contribution < -0.4 is 9.47 Å². The van der Waals surface area contributed by atoms with Gasteiger partial charge in [-0.2, -0.15) is 0 Å². The van der Waals surface area contributed by atoms with Crippen molar-refractivity contribution in [3.8, 4) is 11.5 Å². The number of allylic oxidation sites excluding steroid dienone is 1. The van der Waals surface area contributed by atoms with Crippen molar-refractivity contribution in [1.29, 1.82) is 0 Å². The number of hydrogen-bond acceptors (Lipinski definition) is 3. The molecule has 2 unspecified atom stereocenters. The van der Waals surface area contributed by atoms with Crippen LogP contribution in [0.25, 0.3) is 5.57 Å². The maximum Gasteiger partial charge on any atom is 0.308 e. The van der Waals surface area contributed by atoms with Gasteiger partial charge in [0.1, 0.15) is 17.6 Å². The van der Waals surface area contributed by atoms with E-state index in [0.717, 1.165) is 49.0 Å². The third kappa shape index (κ3) is 4.45. The van der Waals surface area contributed by atoms with Crippen LogP contribution in [-0.4, -0.2) is 12.1 Å². The number of carbonyl (C=O) groups is 1. The number of fused-ring (bicyclic) bond motifs is 2. The third-order valence-electron chi connectivity index (χ3n) is 6.47. The number of hydrogen-bond donors (Lipinski definition) is 0. The molecular formula is C27H32O3. The van der Waals surface area contributed by atoms with Gasteiger partial charge in [-0.3, -0.25) is 4.79 Å². The van der Waals surface area contributed by atoms with E-state index in [0.29, 0.717) is 5.75 Å². The van der Waals surface area contributed by atoms with Crippen LogP contribution in [0.3, 0.4) is 0 Å². The van der Waals surface area contributed by atoms with Crippen LogP contribution in [0.2, 0.25) is 0 Å². The molecule has 158 valence electrons. The van der Waals surface area contributed by atoms with Crippen molar-refractivity contribution in [3.05, 3.63) is 64.7 Å². The zero-order chi connectivity index (χ0) is 21.1. The van der Waals surface area contributed by atoms with E-state index in [9.17, 15) is 4.79 Å². The summed E-state index contributed by atoms with van der Waals surface area (Å²) in [5, 5.41) is 0. The van der Waals surface area contributed by atoms with Gasteiger partial charge < -0.3 is 9.47 Å². The predicted octanol–water partition coefficient (Wildman–Crippen LogP) is 6.85. The molecule has 0 saturated heterocycles. The SMILES string of the molecule is CC(=O)Oc1cc2c(cc1C(C)CCCc1ccccc1)OC(C)C1=C2CCCC1. The lowest BCUT2D eigenvalue weighted by molar-refractivity contribution is -0.131. The lowest BCUT2D eigenvalue weighted by Crippen LogP contribution is -2.24. The van der Waals surface area contributed by atoms with E-state index in [2.05, 4.69) is 56.3 Å². The highest BCUT2D eigenvalue weighted by Crippen LogP contribution is 2.46. The van der Waals surface area contributed by atoms with Crippen LogP contribution in [-0.2, 0) is 11.2 Å². The maximum absolute atomic E-state index is 11.8.